The van der Waals surface area contributed by atoms with Gasteiger partial charge < -0.3 is 14.2 Å². The molecule has 3 aliphatic rings. The van der Waals surface area contributed by atoms with Gasteiger partial charge in [0, 0.05) is 18.5 Å². The van der Waals surface area contributed by atoms with Crippen molar-refractivity contribution in [2.75, 3.05) is 33.9 Å². The van der Waals surface area contributed by atoms with Crippen molar-refractivity contribution in [3.63, 3.8) is 0 Å². The second kappa shape index (κ2) is 11.1. The Labute approximate surface area is 218 Å². The maximum absolute atomic E-state index is 16.0. The highest BCUT2D eigenvalue weighted by atomic mass is 19.1. The van der Waals surface area contributed by atoms with Gasteiger partial charge in [0.15, 0.2) is 17.2 Å². The largest absolute Gasteiger partial charge is 0.493 e. The summed E-state index contributed by atoms with van der Waals surface area (Å²) in [7, 11) is 3.07. The topological polar surface area (TPSA) is 48.0 Å². The number of ether oxygens (including phenoxy) is 3. The molecule has 196 valence electrons. The number of hydrogen-bond acceptors (Lipinski definition) is 5. The third-order valence-corrected chi connectivity index (χ3v) is 7.86. The number of fused-ring (bicyclic) bond motifs is 1. The molecule has 1 unspecified atom stereocenters. The van der Waals surface area contributed by atoms with Gasteiger partial charge in [-0.25, -0.2) is 4.39 Å². The summed E-state index contributed by atoms with van der Waals surface area (Å²) in [6.07, 6.45) is 10.9. The average molecular weight is 506 g/mol. The number of piperidine rings is 1. The summed E-state index contributed by atoms with van der Waals surface area (Å²) < 4.78 is 32.5. The first-order valence-corrected chi connectivity index (χ1v) is 13.3. The summed E-state index contributed by atoms with van der Waals surface area (Å²) in [5.41, 5.74) is 1.77. The van der Waals surface area contributed by atoms with Gasteiger partial charge in [0.2, 0.25) is 5.78 Å². The average Bonchev–Trinajstić information content (AvgIpc) is 3.17. The molecule has 1 heterocycles. The fourth-order valence-corrected chi connectivity index (χ4v) is 5.76. The third-order valence-electron chi connectivity index (χ3n) is 7.86. The summed E-state index contributed by atoms with van der Waals surface area (Å²) >= 11 is 0. The third kappa shape index (κ3) is 5.74. The number of likely N-dealkylation sites (tertiary alicyclic amines) is 1. The van der Waals surface area contributed by atoms with Gasteiger partial charge in [-0.15, -0.1) is 0 Å². The Bertz CT molecular complexity index is 1180. The molecule has 5 rings (SSSR count). The van der Waals surface area contributed by atoms with Crippen LogP contribution in [0.15, 0.2) is 60.2 Å². The molecule has 0 spiro atoms. The fraction of sp³-hybridized carbons (Fsp3) is 0.452. The zero-order chi connectivity index (χ0) is 25.8. The number of ketones is 1. The first kappa shape index (κ1) is 25.5. The Kier molecular flexibility index (Phi) is 7.65. The molecule has 1 saturated heterocycles. The van der Waals surface area contributed by atoms with Crippen molar-refractivity contribution < 1.29 is 23.4 Å². The van der Waals surface area contributed by atoms with Gasteiger partial charge in [-0.05, 0) is 92.1 Å². The van der Waals surface area contributed by atoms with E-state index in [2.05, 4.69) is 35.3 Å². The molecule has 0 saturated carbocycles. The lowest BCUT2D eigenvalue weighted by Gasteiger charge is -2.34. The molecule has 0 aromatic heterocycles. The number of methoxy groups -OCH3 is 2. The van der Waals surface area contributed by atoms with Crippen LogP contribution in [-0.4, -0.2) is 50.3 Å². The van der Waals surface area contributed by atoms with E-state index >= 15 is 4.39 Å². The van der Waals surface area contributed by atoms with Crippen LogP contribution < -0.4 is 14.2 Å². The van der Waals surface area contributed by atoms with E-state index < -0.39 is 11.5 Å². The number of carbonyl (C=O) groups excluding carboxylic acids is 1. The first-order valence-electron chi connectivity index (χ1n) is 13.3. The van der Waals surface area contributed by atoms with Crippen LogP contribution in [0.5, 0.6) is 17.2 Å². The lowest BCUT2D eigenvalue weighted by Crippen LogP contribution is -2.38. The van der Waals surface area contributed by atoms with E-state index in [1.165, 1.54) is 18.2 Å². The Morgan fingerprint density at radius 3 is 2.43 bits per heavy atom. The van der Waals surface area contributed by atoms with Crippen molar-refractivity contribution in [3.05, 3.63) is 76.9 Å². The maximum Gasteiger partial charge on any atom is 0.200 e. The van der Waals surface area contributed by atoms with Crippen LogP contribution in [0.1, 0.15) is 53.6 Å². The lowest BCUT2D eigenvalue weighted by molar-refractivity contribution is 0.0587. The Morgan fingerprint density at radius 2 is 1.76 bits per heavy atom. The number of halogens is 1. The number of hydrogen-bond donors (Lipinski definition) is 0. The van der Waals surface area contributed by atoms with Gasteiger partial charge in [-0.1, -0.05) is 30.4 Å². The highest BCUT2D eigenvalue weighted by Gasteiger charge is 2.48. The van der Waals surface area contributed by atoms with Gasteiger partial charge in [-0.2, -0.15) is 0 Å². The van der Waals surface area contributed by atoms with Crippen LogP contribution in [0, 0.1) is 5.92 Å². The number of allylic oxidation sites excluding steroid dienone is 2. The summed E-state index contributed by atoms with van der Waals surface area (Å²) in [4.78, 5) is 15.4. The van der Waals surface area contributed by atoms with E-state index in [0.717, 1.165) is 51.1 Å². The highest BCUT2D eigenvalue weighted by Crippen LogP contribution is 2.43. The number of rotatable bonds is 9. The predicted molar refractivity (Wildman–Crippen MR) is 142 cm³/mol. The van der Waals surface area contributed by atoms with Crippen LogP contribution in [0.25, 0.3) is 0 Å². The zero-order valence-electron chi connectivity index (χ0n) is 21.8. The molecule has 2 aliphatic carbocycles. The van der Waals surface area contributed by atoms with Gasteiger partial charge in [0.05, 0.1) is 14.2 Å². The van der Waals surface area contributed by atoms with E-state index in [4.69, 9.17) is 14.2 Å². The molecule has 5 nitrogen and oxygen atoms in total. The molecule has 0 radical (unpaired) electrons. The van der Waals surface area contributed by atoms with Crippen molar-refractivity contribution in [2.24, 2.45) is 5.92 Å². The molecular weight excluding hydrogens is 469 g/mol. The highest BCUT2D eigenvalue weighted by molar-refractivity contribution is 6.07. The normalized spacial score (nSPS) is 22.0. The summed E-state index contributed by atoms with van der Waals surface area (Å²) in [6.45, 7) is 3.28. The molecule has 0 amide bonds. The number of nitrogens with zero attached hydrogens (tertiary/aromatic N) is 1. The minimum atomic E-state index is -1.84. The summed E-state index contributed by atoms with van der Waals surface area (Å²) in [5.74, 6) is 1.66. The van der Waals surface area contributed by atoms with Gasteiger partial charge >= 0.3 is 0 Å². The molecule has 1 atom stereocenters. The molecular formula is C31H36FNO4. The fourth-order valence-electron chi connectivity index (χ4n) is 5.76. The van der Waals surface area contributed by atoms with E-state index in [0.29, 0.717) is 29.2 Å². The number of benzene rings is 2. The predicted octanol–water partition coefficient (Wildman–Crippen LogP) is 6.11. The standard InChI is InChI=1S/C31H36FNO4/c1-35-28-16-25-19-31(32,30(34)27(25)17-29(28)36-2)18-22-12-14-33(15-13-22)20-23-8-10-26(11-9-23)37-21-24-6-4-3-5-7-24/h4,6-11,16-17,22H,3,5,12-15,18-21H2,1-2H3. The second-order valence-electron chi connectivity index (χ2n) is 10.5. The summed E-state index contributed by atoms with van der Waals surface area (Å²) in [5, 5.41) is 0. The number of Topliss-reactive ketones (excluding diaryl/α,β-unsaturated/α-hetero) is 1. The Hall–Kier alpha value is -3.12. The van der Waals surface area contributed by atoms with Gasteiger partial charge in [-0.3, -0.25) is 9.69 Å². The molecule has 37 heavy (non-hydrogen) atoms. The monoisotopic (exact) mass is 505 g/mol. The smallest absolute Gasteiger partial charge is 0.200 e. The van der Waals surface area contributed by atoms with Gasteiger partial charge in [0.1, 0.15) is 12.4 Å². The molecule has 1 aliphatic heterocycles. The maximum atomic E-state index is 16.0. The second-order valence-corrected chi connectivity index (χ2v) is 10.5. The van der Waals surface area contributed by atoms with E-state index in [-0.39, 0.29) is 18.8 Å². The van der Waals surface area contributed by atoms with E-state index in [1.807, 2.05) is 12.1 Å². The molecule has 0 N–H and O–H groups in total. The minimum Gasteiger partial charge on any atom is -0.493 e. The van der Waals surface area contributed by atoms with Crippen LogP contribution in [0.3, 0.4) is 0 Å². The molecule has 0 bridgehead atoms. The quantitative estimate of drug-likeness (QED) is 0.412. The molecule has 2 aromatic rings. The molecule has 1 fully saturated rings. The minimum absolute atomic E-state index is 0.115. The van der Waals surface area contributed by atoms with E-state index in [9.17, 15) is 4.79 Å². The Morgan fingerprint density at radius 1 is 1.03 bits per heavy atom. The summed E-state index contributed by atoms with van der Waals surface area (Å²) in [6, 6.07) is 11.7. The first-order chi connectivity index (χ1) is 18.0. The van der Waals surface area contributed by atoms with Crippen molar-refractivity contribution in [1.29, 1.82) is 0 Å². The Balaban J connectivity index is 1.11. The van der Waals surface area contributed by atoms with Crippen LogP contribution in [0.4, 0.5) is 4.39 Å². The van der Waals surface area contributed by atoms with Crippen molar-refractivity contribution in [3.8, 4) is 17.2 Å². The zero-order valence-corrected chi connectivity index (χ0v) is 21.8. The van der Waals surface area contributed by atoms with Crippen molar-refractivity contribution in [2.45, 2.75) is 50.7 Å². The van der Waals surface area contributed by atoms with Crippen LogP contribution in [0.2, 0.25) is 0 Å². The lowest BCUT2D eigenvalue weighted by atomic mass is 9.83. The van der Waals surface area contributed by atoms with E-state index in [1.54, 1.807) is 19.2 Å². The molecule has 6 heteroatoms. The SMILES string of the molecule is COc1cc2c(cc1OC)C(=O)C(F)(CC1CCN(Cc3ccc(OCC4=CCCC=C4)cc3)CC1)C2. The van der Waals surface area contributed by atoms with Crippen molar-refractivity contribution >= 4 is 5.78 Å². The number of carbonyl (C=O) groups is 1. The van der Waals surface area contributed by atoms with Crippen molar-refractivity contribution in [1.82, 2.24) is 4.90 Å². The van der Waals surface area contributed by atoms with Gasteiger partial charge in [0.25, 0.3) is 0 Å². The number of alkyl halides is 1. The van der Waals surface area contributed by atoms with Crippen LogP contribution >= 0.6 is 0 Å². The molecule has 2 aromatic carbocycles. The van der Waals surface area contributed by atoms with Crippen LogP contribution in [-0.2, 0) is 13.0 Å².